The van der Waals surface area contributed by atoms with Crippen LogP contribution in [0.4, 0.5) is 0 Å². The maximum atomic E-state index is 11.4. The molecule has 0 aromatic carbocycles. The number of nitrogens with zero attached hydrogens (tertiary/aromatic N) is 2. The van der Waals surface area contributed by atoms with E-state index in [1.54, 1.807) is 13.8 Å². The van der Waals surface area contributed by atoms with Gasteiger partial charge in [-0.05, 0) is 13.8 Å². The number of hydrogen-bond donors (Lipinski definition) is 0. The first-order valence-corrected chi connectivity index (χ1v) is 7.37. The monoisotopic (exact) mass is 314 g/mol. The summed E-state index contributed by atoms with van der Waals surface area (Å²) in [6.45, 7) is 17.4. The average Bonchev–Trinajstić information content (AvgIpc) is 2.21. The Morgan fingerprint density at radius 3 is 1.00 bits per heavy atom. The lowest BCUT2D eigenvalue weighted by molar-refractivity contribution is -0.175. The second-order valence-electron chi connectivity index (χ2n) is 7.85. The highest BCUT2D eigenvalue weighted by molar-refractivity contribution is 5.67. The number of azo groups is 1. The van der Waals surface area contributed by atoms with Crippen molar-refractivity contribution in [3.63, 3.8) is 0 Å². The van der Waals surface area contributed by atoms with Crippen LogP contribution < -0.4 is 0 Å². The van der Waals surface area contributed by atoms with Crippen LogP contribution in [0.15, 0.2) is 10.2 Å². The highest BCUT2D eigenvalue weighted by Crippen LogP contribution is 2.40. The normalized spacial score (nSPS) is 18.5. The van der Waals surface area contributed by atoms with Crippen LogP contribution >= 0.6 is 0 Å². The summed E-state index contributed by atoms with van der Waals surface area (Å²) in [4.78, 5) is 22.8. The van der Waals surface area contributed by atoms with Crippen LogP contribution in [-0.2, 0) is 19.1 Å². The maximum Gasteiger partial charge on any atom is 0.304 e. The van der Waals surface area contributed by atoms with Gasteiger partial charge < -0.3 is 9.47 Å². The van der Waals surface area contributed by atoms with Crippen molar-refractivity contribution in [2.45, 2.75) is 80.7 Å². The van der Waals surface area contributed by atoms with Crippen LogP contribution in [0, 0.1) is 10.8 Å². The first kappa shape index (κ1) is 20.5. The lowest BCUT2D eigenvalue weighted by Crippen LogP contribution is -2.45. The number of rotatable bonds is 4. The van der Waals surface area contributed by atoms with Crippen LogP contribution in [-0.4, -0.2) is 23.4 Å². The molecule has 2 atom stereocenters. The second-order valence-corrected chi connectivity index (χ2v) is 7.85. The molecule has 0 aromatic heterocycles. The molecule has 0 aromatic rings. The Bertz CT molecular complexity index is 418. The lowest BCUT2D eigenvalue weighted by atomic mass is 9.83. The SMILES string of the molecule is CC(=O)OC(C)(N=NC(C)(OC(C)=O)C(C)(C)C)C(C)(C)C. The van der Waals surface area contributed by atoms with E-state index in [-0.39, 0.29) is 0 Å². The van der Waals surface area contributed by atoms with Gasteiger partial charge in [-0.3, -0.25) is 9.59 Å². The van der Waals surface area contributed by atoms with Crippen LogP contribution in [0.2, 0.25) is 0 Å². The smallest absolute Gasteiger partial charge is 0.304 e. The van der Waals surface area contributed by atoms with E-state index in [2.05, 4.69) is 10.2 Å². The topological polar surface area (TPSA) is 77.3 Å². The zero-order chi connectivity index (χ0) is 18.0. The molecule has 0 bridgehead atoms. The molecule has 0 aliphatic rings. The van der Waals surface area contributed by atoms with E-state index in [1.165, 1.54) is 13.8 Å². The zero-order valence-corrected chi connectivity index (χ0v) is 15.5. The van der Waals surface area contributed by atoms with Gasteiger partial charge in [-0.25, -0.2) is 0 Å². The van der Waals surface area contributed by atoms with E-state index < -0.39 is 34.2 Å². The summed E-state index contributed by atoms with van der Waals surface area (Å²) in [5.41, 5.74) is -3.27. The van der Waals surface area contributed by atoms with Gasteiger partial charge in [-0.2, -0.15) is 0 Å². The molecule has 0 rings (SSSR count). The molecule has 6 nitrogen and oxygen atoms in total. The Labute approximate surface area is 133 Å². The minimum atomic E-state index is -1.16. The predicted molar refractivity (Wildman–Crippen MR) is 84.1 cm³/mol. The fraction of sp³-hybridized carbons (Fsp3) is 0.875. The molecule has 0 amide bonds. The number of carbonyl (C=O) groups is 2. The molecule has 0 heterocycles. The Morgan fingerprint density at radius 2 is 0.864 bits per heavy atom. The van der Waals surface area contributed by atoms with Gasteiger partial charge in [0, 0.05) is 24.7 Å². The summed E-state index contributed by atoms with van der Waals surface area (Å²) in [6.07, 6.45) is 0. The number of hydrogen-bond acceptors (Lipinski definition) is 6. The Morgan fingerprint density at radius 1 is 0.636 bits per heavy atom. The van der Waals surface area contributed by atoms with Crippen molar-refractivity contribution in [2.75, 3.05) is 0 Å². The van der Waals surface area contributed by atoms with Crippen molar-refractivity contribution >= 4 is 11.9 Å². The largest absolute Gasteiger partial charge is 0.435 e. The van der Waals surface area contributed by atoms with Crippen molar-refractivity contribution in [1.82, 2.24) is 0 Å². The van der Waals surface area contributed by atoms with Crippen molar-refractivity contribution < 1.29 is 19.1 Å². The molecule has 2 unspecified atom stereocenters. The van der Waals surface area contributed by atoms with Crippen molar-refractivity contribution in [1.29, 1.82) is 0 Å². The highest BCUT2D eigenvalue weighted by atomic mass is 16.6. The van der Waals surface area contributed by atoms with Crippen molar-refractivity contribution in [3.05, 3.63) is 0 Å². The van der Waals surface area contributed by atoms with Gasteiger partial charge in [-0.1, -0.05) is 41.5 Å². The third kappa shape index (κ3) is 5.07. The van der Waals surface area contributed by atoms with E-state index in [4.69, 9.17) is 9.47 Å². The quantitative estimate of drug-likeness (QED) is 0.578. The fourth-order valence-electron chi connectivity index (χ4n) is 1.40. The summed E-state index contributed by atoms with van der Waals surface area (Å²) in [7, 11) is 0. The standard InChI is InChI=1S/C16H30N2O4/c1-11(19)21-15(9,13(3,4)5)17-18-16(10,14(6,7)8)22-12(2)20/h1-10H3. The summed E-state index contributed by atoms with van der Waals surface area (Å²) in [5, 5.41) is 8.53. The Kier molecular flexibility index (Phi) is 5.92. The summed E-state index contributed by atoms with van der Waals surface area (Å²) in [5.74, 6) is -0.886. The van der Waals surface area contributed by atoms with Gasteiger partial charge in [-0.15, -0.1) is 10.2 Å². The molecule has 0 aliphatic heterocycles. The predicted octanol–water partition coefficient (Wildman–Crippen LogP) is 4.09. The van der Waals surface area contributed by atoms with Crippen LogP contribution in [0.5, 0.6) is 0 Å². The highest BCUT2D eigenvalue weighted by Gasteiger charge is 2.45. The number of carbonyl (C=O) groups excluding carboxylic acids is 2. The number of esters is 2. The van der Waals surface area contributed by atoms with Gasteiger partial charge in [0.1, 0.15) is 0 Å². The molecule has 22 heavy (non-hydrogen) atoms. The third-order valence-electron chi connectivity index (χ3n) is 3.90. The van der Waals surface area contributed by atoms with E-state index >= 15 is 0 Å². The summed E-state index contributed by atoms with van der Waals surface area (Å²) in [6, 6.07) is 0. The van der Waals surface area contributed by atoms with Gasteiger partial charge >= 0.3 is 11.9 Å². The minimum absolute atomic E-state index is 0.443. The van der Waals surface area contributed by atoms with Gasteiger partial charge in [0.25, 0.3) is 0 Å². The van der Waals surface area contributed by atoms with Gasteiger partial charge in [0.2, 0.25) is 11.4 Å². The third-order valence-corrected chi connectivity index (χ3v) is 3.90. The van der Waals surface area contributed by atoms with Gasteiger partial charge in [0.05, 0.1) is 0 Å². The molecule has 6 heteroatoms. The molecule has 0 aliphatic carbocycles. The molecule has 0 radical (unpaired) electrons. The van der Waals surface area contributed by atoms with Gasteiger partial charge in [0.15, 0.2) is 0 Å². The Hall–Kier alpha value is -1.46. The molecule has 0 fully saturated rings. The van der Waals surface area contributed by atoms with Crippen molar-refractivity contribution in [3.8, 4) is 0 Å². The Balaban J connectivity index is 5.79. The molecular formula is C16H30N2O4. The fourth-order valence-corrected chi connectivity index (χ4v) is 1.40. The molecule has 0 saturated carbocycles. The maximum absolute atomic E-state index is 11.4. The first-order valence-electron chi connectivity index (χ1n) is 7.37. The van der Waals surface area contributed by atoms with E-state index in [9.17, 15) is 9.59 Å². The van der Waals surface area contributed by atoms with Crippen LogP contribution in [0.3, 0.4) is 0 Å². The van der Waals surface area contributed by atoms with E-state index in [1.807, 2.05) is 41.5 Å². The van der Waals surface area contributed by atoms with E-state index in [0.717, 1.165) is 0 Å². The number of ether oxygens (including phenoxy) is 2. The summed E-state index contributed by atoms with van der Waals surface area (Å²) < 4.78 is 10.8. The molecule has 128 valence electrons. The molecule has 0 N–H and O–H groups in total. The van der Waals surface area contributed by atoms with Crippen LogP contribution in [0.25, 0.3) is 0 Å². The summed E-state index contributed by atoms with van der Waals surface area (Å²) >= 11 is 0. The minimum Gasteiger partial charge on any atom is -0.435 e. The van der Waals surface area contributed by atoms with Crippen LogP contribution in [0.1, 0.15) is 69.2 Å². The lowest BCUT2D eigenvalue weighted by Gasteiger charge is -2.39. The van der Waals surface area contributed by atoms with E-state index in [0.29, 0.717) is 0 Å². The van der Waals surface area contributed by atoms with Crippen molar-refractivity contribution in [2.24, 2.45) is 21.1 Å². The average molecular weight is 314 g/mol. The second kappa shape index (κ2) is 6.34. The molecule has 0 spiro atoms. The molecular weight excluding hydrogens is 284 g/mol. The zero-order valence-electron chi connectivity index (χ0n) is 15.5. The first-order chi connectivity index (χ1) is 9.54. The molecule has 0 saturated heterocycles.